The summed E-state index contributed by atoms with van der Waals surface area (Å²) in [7, 11) is 6.50. The molecule has 0 aromatic rings. The third kappa shape index (κ3) is 44.8. The second-order valence-electron chi connectivity index (χ2n) is 28.3. The summed E-state index contributed by atoms with van der Waals surface area (Å²) in [5.74, 6) is 0.148. The summed E-state index contributed by atoms with van der Waals surface area (Å²) < 4.78 is 26.8. The summed E-state index contributed by atoms with van der Waals surface area (Å²) in [5.41, 5.74) is 0. The minimum absolute atomic E-state index is 0.257. The summed E-state index contributed by atoms with van der Waals surface area (Å²) >= 11 is 0. The minimum atomic E-state index is -0.420. The van der Waals surface area contributed by atoms with Gasteiger partial charge in [0, 0.05) is 6.42 Å². The molecule has 6 atom stereocenters. The van der Waals surface area contributed by atoms with E-state index in [-0.39, 0.29) is 30.2 Å². The first kappa shape index (κ1) is 80.9. The fourth-order valence-corrected chi connectivity index (χ4v) is 13.6. The largest absolute Gasteiger partial charge is 0.344 e. The normalized spacial score (nSPS) is 21.2. The Bertz CT molecular complexity index is 1820. The van der Waals surface area contributed by atoms with Crippen LogP contribution in [0.1, 0.15) is 349 Å². The van der Waals surface area contributed by atoms with Crippen molar-refractivity contribution in [3.05, 3.63) is 97.2 Å². The van der Waals surface area contributed by atoms with Crippen molar-refractivity contribution in [2.75, 3.05) is 40.8 Å². The number of unbranched alkanes of at least 4 members (excludes halogenated alkanes) is 29. The average molecular weight is 1240 g/mol. The van der Waals surface area contributed by atoms with Crippen molar-refractivity contribution in [1.29, 1.82) is 0 Å². The van der Waals surface area contributed by atoms with E-state index in [4.69, 9.17) is 18.9 Å². The predicted molar refractivity (Wildman–Crippen MR) is 391 cm³/mol. The molecule has 6 unspecified atom stereocenters. The van der Waals surface area contributed by atoms with Crippen LogP contribution in [-0.4, -0.2) is 86.6 Å². The second kappa shape index (κ2) is 57.2. The lowest BCUT2D eigenvalue weighted by atomic mass is 9.93. The lowest BCUT2D eigenvalue weighted by Crippen LogP contribution is -2.61. The van der Waals surface area contributed by atoms with Crippen LogP contribution in [0.25, 0.3) is 0 Å². The molecule has 3 aliphatic heterocycles. The number of hydrogen-bond acceptors (Lipinski definition) is 6. The molecule has 0 aliphatic carbocycles. The van der Waals surface area contributed by atoms with E-state index in [1.807, 2.05) is 0 Å². The quantitative estimate of drug-likeness (QED) is 0.0447. The SMILES string of the molecule is CCCCC/C=C\C/C=C\CCCCCCCC1OC(C)(CCCN(C)C)OC1CCCCCCC/C=C\C/C=C\CCCCCC(CC)CC/C=C\C/C=C\CCCCCCCC1OC2(CN(C)C2)OC1CCCCCCC/C=C\C/C=C\CCCCC. The first-order chi connectivity index (χ1) is 43.7. The standard InChI is InChI=1S/C83H148N2O4/c1-8-11-13-15-17-19-21-23-26-31-38-44-50-56-62-69-78-79(87-82(4,86-78)73-66-74-84(5)6)70-63-57-51-45-39-33-29-25-28-30-36-42-48-54-60-67-77(10-3)68-61-55-49-43-37-34-35-41-47-53-59-65-72-81-80(88-83(89-81)75-85(7)76-83)71-64-58-52-46-40-32-27-24-22-20-18-16-14-12-9-2/h17-20,23-27,29-30,34,36-37,49,55,77-81H,8-16,21-22,28,31-33,35,38-48,50-54,56-76H2,1-7H3/b19-17-,20-18-,26-23-,27-24-,29-25-,36-30-,37-34-,55-49-. The van der Waals surface area contributed by atoms with Crippen LogP contribution >= 0.6 is 0 Å². The van der Waals surface area contributed by atoms with Gasteiger partial charge in [0.2, 0.25) is 0 Å². The monoisotopic (exact) mass is 1240 g/mol. The van der Waals surface area contributed by atoms with E-state index in [0.29, 0.717) is 0 Å². The van der Waals surface area contributed by atoms with Crippen molar-refractivity contribution in [2.24, 2.45) is 5.92 Å². The fraction of sp³-hybridized carbons (Fsp3) is 0.807. The molecular formula is C83H148N2O4. The number of likely N-dealkylation sites (N-methyl/N-ethyl adjacent to an activating group) is 1. The molecule has 0 aromatic carbocycles. The maximum Gasteiger partial charge on any atom is 0.194 e. The molecule has 3 fully saturated rings. The molecular weight excluding hydrogens is 1090 g/mol. The molecule has 0 aromatic heterocycles. The Hall–Kier alpha value is -2.32. The number of nitrogens with zero attached hydrogens (tertiary/aromatic N) is 2. The van der Waals surface area contributed by atoms with Crippen LogP contribution in [0.5, 0.6) is 0 Å². The lowest BCUT2D eigenvalue weighted by molar-refractivity contribution is -0.246. The summed E-state index contributed by atoms with van der Waals surface area (Å²) in [5, 5.41) is 0. The van der Waals surface area contributed by atoms with E-state index in [1.54, 1.807) is 0 Å². The number of rotatable bonds is 62. The smallest absolute Gasteiger partial charge is 0.194 e. The van der Waals surface area contributed by atoms with Gasteiger partial charge in [-0.25, -0.2) is 0 Å². The Balaban J connectivity index is 1.10. The number of likely N-dealkylation sites (tertiary alicyclic amines) is 1. The molecule has 6 nitrogen and oxygen atoms in total. The summed E-state index contributed by atoms with van der Waals surface area (Å²) in [6.07, 6.45) is 103. The highest BCUT2D eigenvalue weighted by Gasteiger charge is 2.53. The second-order valence-corrected chi connectivity index (χ2v) is 28.3. The third-order valence-electron chi connectivity index (χ3n) is 19.2. The number of hydrogen-bond donors (Lipinski definition) is 0. The fourth-order valence-electron chi connectivity index (χ4n) is 13.6. The van der Waals surface area contributed by atoms with Gasteiger partial charge in [-0.15, -0.1) is 0 Å². The Morgan fingerprint density at radius 2 is 0.663 bits per heavy atom. The average Bonchev–Trinajstić information content (AvgIpc) is 2.98. The van der Waals surface area contributed by atoms with E-state index in [1.165, 1.54) is 257 Å². The van der Waals surface area contributed by atoms with Gasteiger partial charge in [-0.2, -0.15) is 0 Å². The highest BCUT2D eigenvalue weighted by molar-refractivity contribution is 4.98. The Kier molecular flexibility index (Phi) is 52.0. The summed E-state index contributed by atoms with van der Waals surface area (Å²) in [6.45, 7) is 12.1. The van der Waals surface area contributed by atoms with Gasteiger partial charge in [0.15, 0.2) is 11.6 Å². The number of ether oxygens (including phenoxy) is 4. The van der Waals surface area contributed by atoms with Gasteiger partial charge in [-0.3, -0.25) is 4.90 Å². The van der Waals surface area contributed by atoms with Crippen LogP contribution in [0.2, 0.25) is 0 Å². The molecule has 3 saturated heterocycles. The topological polar surface area (TPSA) is 43.4 Å². The molecule has 3 heterocycles. The zero-order valence-electron chi connectivity index (χ0n) is 60.1. The van der Waals surface area contributed by atoms with Gasteiger partial charge >= 0.3 is 0 Å². The summed E-state index contributed by atoms with van der Waals surface area (Å²) in [4.78, 5) is 4.60. The Morgan fingerprint density at radius 3 is 0.989 bits per heavy atom. The predicted octanol–water partition coefficient (Wildman–Crippen LogP) is 25.1. The Labute approximate surface area is 554 Å². The highest BCUT2D eigenvalue weighted by atomic mass is 16.8. The van der Waals surface area contributed by atoms with Gasteiger partial charge in [-0.05, 0) is 201 Å². The first-order valence-corrected chi connectivity index (χ1v) is 39.0. The molecule has 0 amide bonds. The Morgan fingerprint density at radius 1 is 0.360 bits per heavy atom. The summed E-state index contributed by atoms with van der Waals surface area (Å²) in [6, 6.07) is 0. The highest BCUT2D eigenvalue weighted by Crippen LogP contribution is 2.40. The van der Waals surface area contributed by atoms with Crippen LogP contribution in [0.15, 0.2) is 97.2 Å². The zero-order valence-corrected chi connectivity index (χ0v) is 60.1. The van der Waals surface area contributed by atoms with Crippen molar-refractivity contribution in [1.82, 2.24) is 9.80 Å². The van der Waals surface area contributed by atoms with Crippen LogP contribution in [0, 0.1) is 5.92 Å². The van der Waals surface area contributed by atoms with Gasteiger partial charge in [0.1, 0.15) is 0 Å². The van der Waals surface area contributed by atoms with Crippen LogP contribution in [0.4, 0.5) is 0 Å². The maximum atomic E-state index is 6.75. The van der Waals surface area contributed by atoms with Crippen LogP contribution < -0.4 is 0 Å². The van der Waals surface area contributed by atoms with E-state index in [2.05, 4.69) is 156 Å². The van der Waals surface area contributed by atoms with Gasteiger partial charge < -0.3 is 23.8 Å². The zero-order chi connectivity index (χ0) is 63.7. The maximum absolute atomic E-state index is 6.75. The van der Waals surface area contributed by atoms with Crippen LogP contribution in [-0.2, 0) is 18.9 Å². The first-order valence-electron chi connectivity index (χ1n) is 39.0. The molecule has 3 rings (SSSR count). The molecule has 514 valence electrons. The van der Waals surface area contributed by atoms with Crippen LogP contribution in [0.3, 0.4) is 0 Å². The molecule has 89 heavy (non-hydrogen) atoms. The number of allylic oxidation sites excluding steroid dienone is 16. The van der Waals surface area contributed by atoms with Gasteiger partial charge in [-0.1, -0.05) is 272 Å². The third-order valence-corrected chi connectivity index (χ3v) is 19.2. The van der Waals surface area contributed by atoms with Crippen molar-refractivity contribution in [3.63, 3.8) is 0 Å². The molecule has 0 saturated carbocycles. The molecule has 0 bridgehead atoms. The van der Waals surface area contributed by atoms with E-state index >= 15 is 0 Å². The molecule has 0 radical (unpaired) electrons. The van der Waals surface area contributed by atoms with Crippen molar-refractivity contribution >= 4 is 0 Å². The molecule has 3 aliphatic rings. The van der Waals surface area contributed by atoms with Crippen molar-refractivity contribution < 1.29 is 18.9 Å². The molecule has 0 N–H and O–H groups in total. The molecule has 6 heteroatoms. The van der Waals surface area contributed by atoms with E-state index in [9.17, 15) is 0 Å². The van der Waals surface area contributed by atoms with Gasteiger partial charge in [0.25, 0.3) is 0 Å². The van der Waals surface area contributed by atoms with E-state index < -0.39 is 5.79 Å². The minimum Gasteiger partial charge on any atom is -0.344 e. The lowest BCUT2D eigenvalue weighted by Gasteiger charge is -2.44. The van der Waals surface area contributed by atoms with Crippen molar-refractivity contribution in [3.8, 4) is 0 Å². The van der Waals surface area contributed by atoms with Gasteiger partial charge in [0.05, 0.1) is 37.5 Å². The molecule has 1 spiro atoms. The van der Waals surface area contributed by atoms with Crippen molar-refractivity contribution in [2.45, 2.75) is 385 Å². The van der Waals surface area contributed by atoms with E-state index in [0.717, 1.165) is 89.8 Å².